The smallest absolute Gasteiger partial charge is 0.333 e. The molecule has 0 radical (unpaired) electrons. The van der Waals surface area contributed by atoms with Gasteiger partial charge in [0.05, 0.1) is 36.5 Å². The second-order valence-corrected chi connectivity index (χ2v) is 11.8. The molecule has 2 aromatic rings. The van der Waals surface area contributed by atoms with Crippen molar-refractivity contribution in [2.75, 3.05) is 18.5 Å². The Morgan fingerprint density at radius 1 is 1.14 bits per heavy atom. The summed E-state index contributed by atoms with van der Waals surface area (Å²) in [7, 11) is -3.09. The predicted octanol–water partition coefficient (Wildman–Crippen LogP) is 7.31. The second-order valence-electron chi connectivity index (χ2n) is 9.03. The highest BCUT2D eigenvalue weighted by atomic mass is 35.5. The van der Waals surface area contributed by atoms with Crippen molar-refractivity contribution in [2.45, 2.75) is 71.3 Å². The van der Waals surface area contributed by atoms with E-state index in [0.717, 1.165) is 36.1 Å². The summed E-state index contributed by atoms with van der Waals surface area (Å²) in [6.07, 6.45) is 2.48. The van der Waals surface area contributed by atoms with Crippen molar-refractivity contribution in [2.24, 2.45) is 10.1 Å². The molecule has 1 aliphatic rings. The molecule has 1 aliphatic carbocycles. The molecular weight excluding hydrogens is 513 g/mol. The molecule has 1 fully saturated rings. The van der Waals surface area contributed by atoms with E-state index < -0.39 is 7.60 Å². The van der Waals surface area contributed by atoms with Crippen LogP contribution in [0.3, 0.4) is 0 Å². The Labute approximate surface area is 224 Å². The first-order chi connectivity index (χ1) is 17.8. The van der Waals surface area contributed by atoms with Crippen LogP contribution in [-0.2, 0) is 25.0 Å². The number of rotatable bonds is 13. The van der Waals surface area contributed by atoms with Crippen molar-refractivity contribution in [3.8, 4) is 5.75 Å². The number of anilines is 1. The molecule has 3 rings (SSSR count). The summed E-state index contributed by atoms with van der Waals surface area (Å²) in [5, 5.41) is 7.63. The highest BCUT2D eigenvalue weighted by Gasteiger charge is 2.40. The second kappa shape index (κ2) is 14.0. The minimum atomic E-state index is -3.09. The number of nitrogens with one attached hydrogen (secondary N) is 1. The Balaban J connectivity index is 1.64. The van der Waals surface area contributed by atoms with Crippen molar-refractivity contribution < 1.29 is 23.2 Å². The van der Waals surface area contributed by atoms with Crippen molar-refractivity contribution in [1.82, 2.24) is 0 Å². The quantitative estimate of drug-likeness (QED) is 0.122. The highest BCUT2D eigenvalue weighted by Crippen LogP contribution is 2.58. The SMILES string of the molecule is C=NOC(=NCc1ccc(OC(C)C)c(Cl)c1)c1ccc(NC2CCC(P(=O)(OCC)OCC)C2)cc1. The molecule has 37 heavy (non-hydrogen) atoms. The molecule has 8 nitrogen and oxygen atoms in total. The molecule has 2 unspecified atom stereocenters. The van der Waals surface area contributed by atoms with E-state index in [0.29, 0.717) is 36.4 Å². The zero-order valence-electron chi connectivity index (χ0n) is 22.0. The topological polar surface area (TPSA) is 90.7 Å². The lowest BCUT2D eigenvalue weighted by atomic mass is 10.1. The average Bonchev–Trinajstić information content (AvgIpc) is 3.33. The van der Waals surface area contributed by atoms with Crippen molar-refractivity contribution in [1.29, 1.82) is 0 Å². The van der Waals surface area contributed by atoms with Crippen LogP contribution in [0.15, 0.2) is 52.6 Å². The third-order valence-electron chi connectivity index (χ3n) is 5.89. The van der Waals surface area contributed by atoms with Crippen LogP contribution in [0.4, 0.5) is 5.69 Å². The van der Waals surface area contributed by atoms with E-state index >= 15 is 0 Å². The van der Waals surface area contributed by atoms with E-state index in [1.165, 1.54) is 0 Å². The number of ether oxygens (including phenoxy) is 1. The molecule has 0 bridgehead atoms. The fourth-order valence-corrected chi connectivity index (χ4v) is 6.76. The van der Waals surface area contributed by atoms with Gasteiger partial charge >= 0.3 is 7.60 Å². The maximum Gasteiger partial charge on any atom is 0.333 e. The molecular formula is C27H37ClN3O5P. The van der Waals surface area contributed by atoms with Crippen LogP contribution in [0.1, 0.15) is 58.1 Å². The van der Waals surface area contributed by atoms with Crippen LogP contribution in [0, 0.1) is 0 Å². The number of aliphatic imine (C=N–C) groups is 1. The first-order valence-electron chi connectivity index (χ1n) is 12.7. The lowest BCUT2D eigenvalue weighted by Crippen LogP contribution is -2.18. The van der Waals surface area contributed by atoms with Crippen molar-refractivity contribution >= 4 is 37.5 Å². The van der Waals surface area contributed by atoms with Crippen LogP contribution in [0.2, 0.25) is 5.02 Å². The van der Waals surface area contributed by atoms with Gasteiger partial charge in [-0.1, -0.05) is 22.8 Å². The third-order valence-corrected chi connectivity index (χ3v) is 8.78. The van der Waals surface area contributed by atoms with E-state index in [4.69, 9.17) is 30.2 Å². The fourth-order valence-electron chi connectivity index (χ4n) is 4.32. The normalized spacial score (nSPS) is 18.2. The summed E-state index contributed by atoms with van der Waals surface area (Å²) < 4.78 is 29.9. The molecule has 0 aliphatic heterocycles. The Kier molecular flexibility index (Phi) is 11.0. The Bertz CT molecular complexity index is 1100. The monoisotopic (exact) mass is 549 g/mol. The highest BCUT2D eigenvalue weighted by molar-refractivity contribution is 7.54. The van der Waals surface area contributed by atoms with Gasteiger partial charge in [0.25, 0.3) is 5.90 Å². The lowest BCUT2D eigenvalue weighted by Gasteiger charge is -2.23. The van der Waals surface area contributed by atoms with Gasteiger partial charge in [0.2, 0.25) is 0 Å². The van der Waals surface area contributed by atoms with Gasteiger partial charge in [0.1, 0.15) is 5.75 Å². The number of halogens is 1. The predicted molar refractivity (Wildman–Crippen MR) is 150 cm³/mol. The van der Waals surface area contributed by atoms with Gasteiger partial charge in [-0.05, 0) is 88.9 Å². The zero-order valence-corrected chi connectivity index (χ0v) is 23.6. The van der Waals surface area contributed by atoms with Gasteiger partial charge in [-0.15, -0.1) is 0 Å². The van der Waals surface area contributed by atoms with E-state index in [-0.39, 0.29) is 17.8 Å². The maximum absolute atomic E-state index is 13.1. The zero-order chi connectivity index (χ0) is 26.8. The van der Waals surface area contributed by atoms with Crippen LogP contribution < -0.4 is 10.1 Å². The van der Waals surface area contributed by atoms with Gasteiger partial charge in [0.15, 0.2) is 0 Å². The van der Waals surface area contributed by atoms with Crippen LogP contribution in [0.25, 0.3) is 0 Å². The Morgan fingerprint density at radius 2 is 1.84 bits per heavy atom. The molecule has 0 heterocycles. The van der Waals surface area contributed by atoms with Crippen LogP contribution in [0.5, 0.6) is 5.75 Å². The molecule has 202 valence electrons. The largest absolute Gasteiger partial charge is 0.489 e. The number of benzene rings is 2. The molecule has 2 aromatic carbocycles. The average molecular weight is 550 g/mol. The number of hydrogen-bond acceptors (Lipinski definition) is 8. The summed E-state index contributed by atoms with van der Waals surface area (Å²) >= 11 is 6.35. The van der Waals surface area contributed by atoms with Crippen molar-refractivity contribution in [3.63, 3.8) is 0 Å². The first-order valence-corrected chi connectivity index (χ1v) is 14.6. The van der Waals surface area contributed by atoms with Crippen LogP contribution in [-0.4, -0.2) is 43.6 Å². The summed E-state index contributed by atoms with van der Waals surface area (Å²) in [4.78, 5) is 9.93. The summed E-state index contributed by atoms with van der Waals surface area (Å²) in [6.45, 7) is 12.1. The summed E-state index contributed by atoms with van der Waals surface area (Å²) in [5.74, 6) is 0.999. The molecule has 10 heteroatoms. The van der Waals surface area contributed by atoms with Gasteiger partial charge in [-0.3, -0.25) is 4.57 Å². The van der Waals surface area contributed by atoms with E-state index in [2.05, 4.69) is 22.2 Å². The summed E-state index contributed by atoms with van der Waals surface area (Å²) in [5.41, 5.74) is 2.55. The number of nitrogens with zero attached hydrogens (tertiary/aromatic N) is 2. The molecule has 0 amide bonds. The fraction of sp³-hybridized carbons (Fsp3) is 0.481. The molecule has 1 N–H and O–H groups in total. The van der Waals surface area contributed by atoms with E-state index in [1.54, 1.807) is 0 Å². The molecule has 0 spiro atoms. The maximum atomic E-state index is 13.1. The van der Waals surface area contributed by atoms with E-state index in [9.17, 15) is 4.57 Å². The minimum absolute atomic E-state index is 0.0412. The van der Waals surface area contributed by atoms with Gasteiger partial charge in [-0.2, -0.15) is 0 Å². The third kappa shape index (κ3) is 8.30. The Hall–Kier alpha value is -2.38. The van der Waals surface area contributed by atoms with Gasteiger partial charge < -0.3 is 23.9 Å². The number of oxime groups is 1. The van der Waals surface area contributed by atoms with Crippen molar-refractivity contribution in [3.05, 3.63) is 58.6 Å². The van der Waals surface area contributed by atoms with E-state index in [1.807, 2.05) is 70.2 Å². The number of hydrogen-bond donors (Lipinski definition) is 1. The van der Waals surface area contributed by atoms with Gasteiger partial charge in [-0.25, -0.2) is 4.99 Å². The van der Waals surface area contributed by atoms with Crippen LogP contribution >= 0.6 is 19.2 Å². The lowest BCUT2D eigenvalue weighted by molar-refractivity contribution is 0.212. The molecule has 1 saturated carbocycles. The summed E-state index contributed by atoms with van der Waals surface area (Å²) in [6, 6.07) is 13.5. The molecule has 0 aromatic heterocycles. The molecule has 0 saturated heterocycles. The first kappa shape index (κ1) is 29.2. The minimum Gasteiger partial charge on any atom is -0.489 e. The molecule has 2 atom stereocenters. The standard InChI is InChI=1S/C27H37ClN3O5P/c1-6-33-37(32,34-7-2)24-14-13-23(17-24)31-22-11-9-21(10-12-22)27(36-29-5)30-18-20-8-15-26(25(28)16-20)35-19(3)4/h8-12,15-16,19,23-24,31H,5-7,13-14,17-18H2,1-4H3. The Morgan fingerprint density at radius 3 is 2.43 bits per heavy atom. The van der Waals surface area contributed by atoms with Gasteiger partial charge in [0, 0.05) is 24.0 Å².